The number of hydrogen-bond acceptors (Lipinski definition) is 6. The topological polar surface area (TPSA) is 113 Å². The largest absolute Gasteiger partial charge is 0.394 e. The third kappa shape index (κ3) is 8.14. The summed E-state index contributed by atoms with van der Waals surface area (Å²) < 4.78 is 28.9. The average molecular weight is 559 g/mol. The fraction of sp³-hybridized carbons (Fsp3) is 0.483. The first-order valence-corrected chi connectivity index (χ1v) is 13.6. The van der Waals surface area contributed by atoms with Gasteiger partial charge in [0.2, 0.25) is 12.3 Å². The van der Waals surface area contributed by atoms with E-state index in [9.17, 15) is 18.4 Å². The van der Waals surface area contributed by atoms with Crippen LogP contribution in [0.5, 0.6) is 0 Å². The zero-order valence-electron chi connectivity index (χ0n) is 24.0. The standard InChI is InChI=1S/C14H12F2N2O2.C13H22N4O.C2H6/c15-11-5-17-6-12(16)14(11)10-3-1-9(2-4-10)13(7-19)18-8-20;1-9(2)12(17-8-10(3)14-15-17)13(18)16-7-5-6-11(16)4;1-2/h1-6,8,13,19H,7H2,(H,18,20);8-9,11-12H,5-7H2,1-4H3;1-2H3. The van der Waals surface area contributed by atoms with Gasteiger partial charge in [-0.1, -0.05) is 57.2 Å². The lowest BCUT2D eigenvalue weighted by molar-refractivity contribution is -0.137. The highest BCUT2D eigenvalue weighted by molar-refractivity contribution is 5.81. The number of aryl methyl sites for hydroxylation is 1. The molecule has 1 fully saturated rings. The van der Waals surface area contributed by atoms with Crippen LogP contribution in [0.15, 0.2) is 42.9 Å². The van der Waals surface area contributed by atoms with E-state index in [1.165, 1.54) is 12.1 Å². The van der Waals surface area contributed by atoms with Crippen LogP contribution < -0.4 is 5.32 Å². The molecule has 0 radical (unpaired) electrons. The first kappa shape index (κ1) is 32.5. The Kier molecular flexibility index (Phi) is 12.8. The second kappa shape index (κ2) is 15.8. The van der Waals surface area contributed by atoms with E-state index in [4.69, 9.17) is 5.11 Å². The van der Waals surface area contributed by atoms with Gasteiger partial charge in [0.25, 0.3) is 0 Å². The molecule has 40 heavy (non-hydrogen) atoms. The number of halogens is 2. The number of aliphatic hydroxyl groups is 1. The number of likely N-dealkylation sites (tertiary alicyclic amines) is 1. The monoisotopic (exact) mass is 558 g/mol. The van der Waals surface area contributed by atoms with Gasteiger partial charge in [-0.15, -0.1) is 5.10 Å². The molecule has 0 aliphatic carbocycles. The van der Waals surface area contributed by atoms with Crippen molar-refractivity contribution in [2.75, 3.05) is 13.2 Å². The maximum Gasteiger partial charge on any atom is 0.248 e. The Bertz CT molecular complexity index is 1200. The molecule has 0 spiro atoms. The van der Waals surface area contributed by atoms with Crippen molar-refractivity contribution in [3.8, 4) is 11.1 Å². The van der Waals surface area contributed by atoms with Crippen LogP contribution in [-0.4, -0.2) is 61.5 Å². The van der Waals surface area contributed by atoms with Crippen LogP contribution in [0.3, 0.4) is 0 Å². The van der Waals surface area contributed by atoms with Gasteiger partial charge in [-0.3, -0.25) is 14.6 Å². The molecular formula is C29H40F2N6O3. The second-order valence-corrected chi connectivity index (χ2v) is 9.67. The predicted octanol–water partition coefficient (Wildman–Crippen LogP) is 4.63. The summed E-state index contributed by atoms with van der Waals surface area (Å²) >= 11 is 0. The Morgan fingerprint density at radius 2 is 1.80 bits per heavy atom. The molecule has 1 saturated heterocycles. The number of nitrogens with one attached hydrogen (secondary N) is 1. The van der Waals surface area contributed by atoms with Crippen LogP contribution in [-0.2, 0) is 9.59 Å². The van der Waals surface area contributed by atoms with Gasteiger partial charge in [-0.05, 0) is 43.7 Å². The van der Waals surface area contributed by atoms with Crippen LogP contribution in [0, 0.1) is 24.5 Å². The van der Waals surface area contributed by atoms with Gasteiger partial charge in [-0.2, -0.15) is 0 Å². The molecule has 3 heterocycles. The van der Waals surface area contributed by atoms with Crippen molar-refractivity contribution in [1.82, 2.24) is 30.2 Å². The zero-order chi connectivity index (χ0) is 29.8. The fourth-order valence-corrected chi connectivity index (χ4v) is 4.54. The number of amides is 2. The van der Waals surface area contributed by atoms with Gasteiger partial charge in [0.15, 0.2) is 11.6 Å². The molecule has 0 bridgehead atoms. The number of pyridine rings is 1. The minimum atomic E-state index is -0.748. The van der Waals surface area contributed by atoms with Crippen molar-refractivity contribution in [2.45, 2.75) is 72.5 Å². The molecule has 4 rings (SSSR count). The van der Waals surface area contributed by atoms with Crippen LogP contribution in [0.2, 0.25) is 0 Å². The van der Waals surface area contributed by atoms with E-state index in [-0.39, 0.29) is 30.0 Å². The minimum Gasteiger partial charge on any atom is -0.394 e. The zero-order valence-corrected chi connectivity index (χ0v) is 24.0. The third-order valence-corrected chi connectivity index (χ3v) is 6.54. The van der Waals surface area contributed by atoms with Gasteiger partial charge in [0, 0.05) is 18.8 Å². The van der Waals surface area contributed by atoms with Crippen molar-refractivity contribution in [3.05, 3.63) is 65.7 Å². The van der Waals surface area contributed by atoms with E-state index in [0.717, 1.165) is 37.5 Å². The molecule has 1 aliphatic heterocycles. The number of carbonyl (C=O) groups excluding carboxylic acids is 2. The fourth-order valence-electron chi connectivity index (χ4n) is 4.54. The smallest absolute Gasteiger partial charge is 0.248 e. The maximum atomic E-state index is 13.6. The SMILES string of the molecule is CC.Cc1cn(C(C(=O)N2CCCC2C)C(C)C)nn1.O=CNC(CO)c1ccc(-c2c(F)cncc2F)cc1. The molecule has 0 saturated carbocycles. The summed E-state index contributed by atoms with van der Waals surface area (Å²) in [5.74, 6) is -1.10. The van der Waals surface area contributed by atoms with Gasteiger partial charge < -0.3 is 15.3 Å². The van der Waals surface area contributed by atoms with E-state index in [2.05, 4.69) is 41.4 Å². The highest BCUT2D eigenvalue weighted by atomic mass is 19.1. The highest BCUT2D eigenvalue weighted by Crippen LogP contribution is 2.27. The Morgan fingerprint density at radius 1 is 1.18 bits per heavy atom. The van der Waals surface area contributed by atoms with Gasteiger partial charge in [0.1, 0.15) is 6.04 Å². The Balaban J connectivity index is 0.000000265. The number of nitrogens with zero attached hydrogens (tertiary/aromatic N) is 5. The van der Waals surface area contributed by atoms with Gasteiger partial charge >= 0.3 is 0 Å². The summed E-state index contributed by atoms with van der Waals surface area (Å²) in [4.78, 5) is 28.5. The summed E-state index contributed by atoms with van der Waals surface area (Å²) in [5, 5.41) is 19.6. The molecule has 1 aliphatic rings. The number of carbonyl (C=O) groups is 2. The van der Waals surface area contributed by atoms with Crippen molar-refractivity contribution in [2.24, 2.45) is 5.92 Å². The van der Waals surface area contributed by atoms with Crippen LogP contribution in [0.1, 0.15) is 70.8 Å². The highest BCUT2D eigenvalue weighted by Gasteiger charge is 2.34. The molecular weight excluding hydrogens is 518 g/mol. The average Bonchev–Trinajstić information content (AvgIpc) is 3.57. The lowest BCUT2D eigenvalue weighted by Gasteiger charge is -2.28. The minimum absolute atomic E-state index is 0.157. The molecule has 1 aromatic carbocycles. The summed E-state index contributed by atoms with van der Waals surface area (Å²) in [5.41, 5.74) is 1.69. The van der Waals surface area contributed by atoms with Crippen LogP contribution in [0.4, 0.5) is 8.78 Å². The molecule has 3 atom stereocenters. The first-order chi connectivity index (χ1) is 19.2. The van der Waals surface area contributed by atoms with E-state index in [0.29, 0.717) is 23.6 Å². The first-order valence-electron chi connectivity index (χ1n) is 13.6. The molecule has 2 N–H and O–H groups in total. The number of benzene rings is 1. The van der Waals surface area contributed by atoms with Crippen molar-refractivity contribution >= 4 is 12.3 Å². The summed E-state index contributed by atoms with van der Waals surface area (Å²) in [7, 11) is 0. The van der Waals surface area contributed by atoms with Crippen molar-refractivity contribution in [3.63, 3.8) is 0 Å². The van der Waals surface area contributed by atoms with E-state index in [1.807, 2.05) is 31.9 Å². The Hall–Kier alpha value is -3.73. The Morgan fingerprint density at radius 3 is 2.25 bits per heavy atom. The molecule has 218 valence electrons. The molecule has 2 amide bonds. The van der Waals surface area contributed by atoms with Crippen molar-refractivity contribution in [1.29, 1.82) is 0 Å². The molecule has 3 unspecified atom stereocenters. The number of rotatable bonds is 8. The molecule has 2 aromatic heterocycles. The van der Waals surface area contributed by atoms with Crippen LogP contribution >= 0.6 is 0 Å². The predicted molar refractivity (Wildman–Crippen MR) is 149 cm³/mol. The van der Waals surface area contributed by atoms with Gasteiger partial charge in [0.05, 0.1) is 36.3 Å². The summed E-state index contributed by atoms with van der Waals surface area (Å²) in [6.45, 7) is 12.7. The quantitative estimate of drug-likeness (QED) is 0.390. The lowest BCUT2D eigenvalue weighted by atomic mass is 10.0. The summed E-state index contributed by atoms with van der Waals surface area (Å²) in [6.07, 6.45) is 6.43. The van der Waals surface area contributed by atoms with E-state index >= 15 is 0 Å². The maximum absolute atomic E-state index is 13.6. The lowest BCUT2D eigenvalue weighted by Crippen LogP contribution is -2.41. The van der Waals surface area contributed by atoms with Crippen molar-refractivity contribution < 1.29 is 23.5 Å². The van der Waals surface area contributed by atoms with Crippen LogP contribution in [0.25, 0.3) is 11.1 Å². The summed E-state index contributed by atoms with van der Waals surface area (Å²) in [6, 6.07) is 5.79. The van der Waals surface area contributed by atoms with E-state index < -0.39 is 17.7 Å². The normalized spacial score (nSPS) is 15.8. The number of aliphatic hydroxyl groups excluding tert-OH is 1. The molecule has 11 heteroatoms. The number of hydrogen-bond donors (Lipinski definition) is 2. The second-order valence-electron chi connectivity index (χ2n) is 9.67. The molecule has 9 nitrogen and oxygen atoms in total. The molecule has 3 aromatic rings. The van der Waals surface area contributed by atoms with E-state index in [1.54, 1.807) is 16.8 Å². The third-order valence-electron chi connectivity index (χ3n) is 6.54. The Labute approximate surface area is 234 Å². The number of aromatic nitrogens is 4. The van der Waals surface area contributed by atoms with Gasteiger partial charge in [-0.25, -0.2) is 13.5 Å².